The number of amides is 2. The summed E-state index contributed by atoms with van der Waals surface area (Å²) in [4.78, 5) is 43.6. The van der Waals surface area contributed by atoms with Crippen molar-refractivity contribution in [1.82, 2.24) is 30.2 Å². The molecule has 0 spiro atoms. The molecule has 0 bridgehead atoms. The second kappa shape index (κ2) is 13.7. The van der Waals surface area contributed by atoms with Crippen molar-refractivity contribution < 1.29 is 19.1 Å². The van der Waals surface area contributed by atoms with E-state index in [4.69, 9.17) is 9.47 Å². The van der Waals surface area contributed by atoms with Gasteiger partial charge in [0.25, 0.3) is 0 Å². The molecule has 10 nitrogen and oxygen atoms in total. The van der Waals surface area contributed by atoms with Crippen molar-refractivity contribution in [2.45, 2.75) is 45.9 Å². The van der Waals surface area contributed by atoms with E-state index in [0.29, 0.717) is 24.5 Å². The van der Waals surface area contributed by atoms with Gasteiger partial charge in [0.15, 0.2) is 0 Å². The van der Waals surface area contributed by atoms with Gasteiger partial charge < -0.3 is 29.7 Å². The number of hydrogen-bond donors (Lipinski definition) is 3. The molecule has 1 aliphatic heterocycles. The molecule has 7 rings (SSSR count). The van der Waals surface area contributed by atoms with E-state index >= 15 is 0 Å². The maximum atomic E-state index is 13.8. The Kier molecular flexibility index (Phi) is 8.85. The summed E-state index contributed by atoms with van der Waals surface area (Å²) in [5.74, 6) is 2.27. The second-order valence-corrected chi connectivity index (χ2v) is 12.1. The van der Waals surface area contributed by atoms with Gasteiger partial charge in [0.1, 0.15) is 30.0 Å². The molecule has 248 valence electrons. The van der Waals surface area contributed by atoms with Gasteiger partial charge in [-0.1, -0.05) is 74.5 Å². The van der Waals surface area contributed by atoms with E-state index in [1.807, 2.05) is 43.5 Å². The number of nitrogens with one attached hydrogen (secondary N) is 3. The largest absolute Gasteiger partial charge is 0.488 e. The molecule has 0 saturated heterocycles. The van der Waals surface area contributed by atoms with Crippen molar-refractivity contribution in [3.8, 4) is 39.4 Å². The molecular weight excluding hydrogens is 616 g/mol. The fourth-order valence-corrected chi connectivity index (χ4v) is 6.42. The molecule has 3 N–H and O–H groups in total. The zero-order chi connectivity index (χ0) is 33.9. The molecule has 10 heteroatoms. The molecular formula is C39H38N6O4. The van der Waals surface area contributed by atoms with Crippen molar-refractivity contribution in [1.29, 1.82) is 0 Å². The van der Waals surface area contributed by atoms with E-state index in [1.54, 1.807) is 11.1 Å². The molecule has 49 heavy (non-hydrogen) atoms. The lowest BCUT2D eigenvalue weighted by Crippen LogP contribution is -2.43. The summed E-state index contributed by atoms with van der Waals surface area (Å²) in [6.07, 6.45) is 4.61. The van der Waals surface area contributed by atoms with Crippen LogP contribution in [0.5, 0.6) is 5.75 Å². The number of rotatable bonds is 10. The van der Waals surface area contributed by atoms with Crippen LogP contribution in [0.25, 0.3) is 44.4 Å². The first-order valence-corrected chi connectivity index (χ1v) is 16.5. The van der Waals surface area contributed by atoms with Crippen LogP contribution < -0.4 is 10.1 Å². The van der Waals surface area contributed by atoms with E-state index < -0.39 is 12.1 Å². The Labute approximate surface area is 284 Å². The number of alkyl carbamates (subject to hydrolysis) is 1. The fourth-order valence-electron chi connectivity index (χ4n) is 6.42. The summed E-state index contributed by atoms with van der Waals surface area (Å²) in [5, 5.41) is 4.89. The second-order valence-electron chi connectivity index (χ2n) is 12.1. The number of hydrogen-bond acceptors (Lipinski definition) is 6. The molecule has 0 fully saturated rings. The number of nitrogens with zero attached hydrogens (tertiary/aromatic N) is 3. The number of carbonyl (C=O) groups excluding carboxylic acids is 2. The van der Waals surface area contributed by atoms with Gasteiger partial charge in [0.2, 0.25) is 5.91 Å². The Balaban J connectivity index is 1.11. The molecule has 3 heterocycles. The van der Waals surface area contributed by atoms with Crippen LogP contribution >= 0.6 is 0 Å². The first-order chi connectivity index (χ1) is 23.9. The monoisotopic (exact) mass is 654 g/mol. The van der Waals surface area contributed by atoms with Crippen molar-refractivity contribution in [3.63, 3.8) is 0 Å². The highest BCUT2D eigenvalue weighted by Crippen LogP contribution is 2.43. The average Bonchev–Trinajstić information content (AvgIpc) is 3.83. The number of carbonyl (C=O) groups is 2. The molecule has 6 aromatic rings. The normalized spacial score (nSPS) is 12.5. The molecule has 1 aliphatic rings. The van der Waals surface area contributed by atoms with Gasteiger partial charge >= 0.3 is 6.09 Å². The predicted molar refractivity (Wildman–Crippen MR) is 189 cm³/mol. The average molecular weight is 655 g/mol. The molecule has 0 radical (unpaired) electrons. The number of imidazole rings is 2. The van der Waals surface area contributed by atoms with E-state index in [1.165, 1.54) is 7.11 Å². The van der Waals surface area contributed by atoms with Crippen molar-refractivity contribution >= 4 is 22.8 Å². The summed E-state index contributed by atoms with van der Waals surface area (Å²) < 4.78 is 11.2. The summed E-state index contributed by atoms with van der Waals surface area (Å²) in [5.41, 5.74) is 7.89. The smallest absolute Gasteiger partial charge is 0.407 e. The summed E-state index contributed by atoms with van der Waals surface area (Å²) in [7, 11) is 1.28. The lowest BCUT2D eigenvalue weighted by atomic mass is 9.92. The number of ether oxygens (including phenoxy) is 2. The lowest BCUT2D eigenvalue weighted by molar-refractivity contribution is -0.134. The lowest BCUT2D eigenvalue weighted by Gasteiger charge is -2.27. The van der Waals surface area contributed by atoms with Gasteiger partial charge in [0.05, 0.1) is 37.4 Å². The molecule has 0 aliphatic carbocycles. The third-order valence-corrected chi connectivity index (χ3v) is 8.92. The Morgan fingerprint density at radius 2 is 1.61 bits per heavy atom. The summed E-state index contributed by atoms with van der Waals surface area (Å²) in [6.45, 7) is 5.30. The number of aromatic amines is 2. The van der Waals surface area contributed by atoms with Crippen LogP contribution in [-0.2, 0) is 29.1 Å². The van der Waals surface area contributed by atoms with E-state index in [0.717, 1.165) is 74.4 Å². The highest BCUT2D eigenvalue weighted by Gasteiger charge is 2.28. The Morgan fingerprint density at radius 1 is 0.898 bits per heavy atom. The minimum atomic E-state index is -0.886. The number of benzene rings is 4. The molecule has 1 atom stereocenters. The predicted octanol–water partition coefficient (Wildman–Crippen LogP) is 7.58. The molecule has 4 aromatic carbocycles. The SMILES string of the molecule is CCCN(Cc1ncc(-c2ccc3c(c2)COc2c-3ccc3cc(-c4cnc(CC)[nH]4)ccc23)[nH]1)C(=O)[C@H](NC(=O)OC)c1ccccc1. The third kappa shape index (κ3) is 6.37. The summed E-state index contributed by atoms with van der Waals surface area (Å²) >= 11 is 0. The number of fused-ring (bicyclic) bond motifs is 5. The van der Waals surface area contributed by atoms with Crippen molar-refractivity contribution in [3.05, 3.63) is 114 Å². The number of aryl methyl sites for hydroxylation is 1. The molecule has 2 amide bonds. The minimum Gasteiger partial charge on any atom is -0.488 e. The van der Waals surface area contributed by atoms with Crippen LogP contribution in [0.1, 0.15) is 49.1 Å². The number of H-pyrrole nitrogens is 2. The minimum absolute atomic E-state index is 0.239. The number of methoxy groups -OCH3 is 1. The molecule has 0 unspecified atom stereocenters. The van der Waals surface area contributed by atoms with Crippen LogP contribution in [0, 0.1) is 0 Å². The zero-order valence-electron chi connectivity index (χ0n) is 27.7. The van der Waals surface area contributed by atoms with Crippen LogP contribution in [0.4, 0.5) is 4.79 Å². The first-order valence-electron chi connectivity index (χ1n) is 16.5. The fraction of sp³-hybridized carbons (Fsp3) is 0.231. The van der Waals surface area contributed by atoms with Gasteiger partial charge in [-0.15, -0.1) is 0 Å². The molecule has 2 aromatic heterocycles. The van der Waals surface area contributed by atoms with E-state index in [2.05, 4.69) is 80.7 Å². The van der Waals surface area contributed by atoms with Gasteiger partial charge in [-0.3, -0.25) is 4.79 Å². The highest BCUT2D eigenvalue weighted by molar-refractivity contribution is 5.98. The quantitative estimate of drug-likeness (QED) is 0.140. The molecule has 0 saturated carbocycles. The van der Waals surface area contributed by atoms with Crippen LogP contribution in [0.15, 0.2) is 91.3 Å². The van der Waals surface area contributed by atoms with Gasteiger partial charge in [0, 0.05) is 29.5 Å². The Bertz CT molecular complexity index is 2140. The van der Waals surface area contributed by atoms with E-state index in [-0.39, 0.29) is 12.5 Å². The maximum Gasteiger partial charge on any atom is 0.407 e. The standard InChI is InChI=1S/C39H38N6O4/c1-4-17-45(38(46)36(44-39(47)48-3)24-9-7-6-8-10-24)22-35-41-21-33(43-35)27-12-14-29-28(19-27)23-49-37-30-15-13-26(18-25(30)11-16-31(29)37)32-20-40-34(5-2)42-32/h6-16,18-21,36H,4-5,17,22-23H2,1-3H3,(H,40,42)(H,41,43)(H,44,47)/t36-/m1/s1. The topological polar surface area (TPSA) is 125 Å². The Morgan fingerprint density at radius 3 is 2.35 bits per heavy atom. The maximum absolute atomic E-state index is 13.8. The van der Waals surface area contributed by atoms with Crippen LogP contribution in [0.3, 0.4) is 0 Å². The Hall–Kier alpha value is -5.90. The van der Waals surface area contributed by atoms with Crippen molar-refractivity contribution in [2.24, 2.45) is 0 Å². The van der Waals surface area contributed by atoms with Gasteiger partial charge in [-0.25, -0.2) is 14.8 Å². The van der Waals surface area contributed by atoms with Crippen molar-refractivity contribution in [2.75, 3.05) is 13.7 Å². The zero-order valence-corrected chi connectivity index (χ0v) is 27.7. The summed E-state index contributed by atoms with van der Waals surface area (Å²) in [6, 6.07) is 25.3. The van der Waals surface area contributed by atoms with Gasteiger partial charge in [-0.2, -0.15) is 0 Å². The first kappa shape index (κ1) is 31.7. The van der Waals surface area contributed by atoms with Crippen LogP contribution in [0.2, 0.25) is 0 Å². The van der Waals surface area contributed by atoms with E-state index in [9.17, 15) is 9.59 Å². The highest BCUT2D eigenvalue weighted by atomic mass is 16.5. The number of aromatic nitrogens is 4. The third-order valence-electron chi connectivity index (χ3n) is 8.92. The van der Waals surface area contributed by atoms with Crippen LogP contribution in [-0.4, -0.2) is 50.5 Å². The van der Waals surface area contributed by atoms with Gasteiger partial charge in [-0.05, 0) is 52.3 Å².